The highest BCUT2D eigenvalue weighted by molar-refractivity contribution is 5.77. The van der Waals surface area contributed by atoms with Gasteiger partial charge in [0.15, 0.2) is 5.78 Å². The number of carbonyl (C=O) groups excluding carboxylic acids is 1. The van der Waals surface area contributed by atoms with E-state index in [4.69, 9.17) is 10.00 Å². The standard InChI is InChI=1S/C10H8N2O4/c1-7(13)6-16-10-4-9(12(14)15)3-2-8(10)5-11/h2-4H,6H2,1H3. The Balaban J connectivity index is 3.03. The maximum Gasteiger partial charge on any atom is 0.273 e. The second-order valence-electron chi connectivity index (χ2n) is 3.04. The molecule has 0 atom stereocenters. The molecular weight excluding hydrogens is 212 g/mol. The molecule has 0 radical (unpaired) electrons. The molecule has 0 saturated heterocycles. The fourth-order valence-corrected chi connectivity index (χ4v) is 1.02. The summed E-state index contributed by atoms with van der Waals surface area (Å²) in [7, 11) is 0. The summed E-state index contributed by atoms with van der Waals surface area (Å²) in [6.07, 6.45) is 0. The lowest BCUT2D eigenvalue weighted by molar-refractivity contribution is -0.384. The largest absolute Gasteiger partial charge is 0.484 e. The Morgan fingerprint density at radius 1 is 1.62 bits per heavy atom. The van der Waals surface area contributed by atoms with Gasteiger partial charge < -0.3 is 4.74 Å². The third-order valence-electron chi connectivity index (χ3n) is 1.73. The summed E-state index contributed by atoms with van der Waals surface area (Å²) in [5, 5.41) is 19.2. The number of hydrogen-bond acceptors (Lipinski definition) is 5. The van der Waals surface area contributed by atoms with E-state index in [1.807, 2.05) is 6.07 Å². The van der Waals surface area contributed by atoms with Gasteiger partial charge in [-0.25, -0.2) is 0 Å². The summed E-state index contributed by atoms with van der Waals surface area (Å²) < 4.78 is 5.00. The highest BCUT2D eigenvalue weighted by atomic mass is 16.6. The lowest BCUT2D eigenvalue weighted by atomic mass is 10.2. The van der Waals surface area contributed by atoms with Crippen molar-refractivity contribution in [2.45, 2.75) is 6.92 Å². The third-order valence-corrected chi connectivity index (χ3v) is 1.73. The summed E-state index contributed by atoms with van der Waals surface area (Å²) in [5.41, 5.74) is -0.0237. The highest BCUT2D eigenvalue weighted by Crippen LogP contribution is 2.24. The molecule has 0 fully saturated rings. The van der Waals surface area contributed by atoms with Gasteiger partial charge in [0.1, 0.15) is 18.4 Å². The number of nitro benzene ring substituents is 1. The highest BCUT2D eigenvalue weighted by Gasteiger charge is 2.12. The first-order valence-electron chi connectivity index (χ1n) is 4.35. The molecule has 0 amide bonds. The first kappa shape index (κ1) is 11.7. The lowest BCUT2D eigenvalue weighted by Crippen LogP contribution is -2.07. The van der Waals surface area contributed by atoms with Crippen LogP contribution >= 0.6 is 0 Å². The number of nitriles is 1. The van der Waals surface area contributed by atoms with Crippen molar-refractivity contribution in [3.63, 3.8) is 0 Å². The van der Waals surface area contributed by atoms with E-state index in [-0.39, 0.29) is 29.4 Å². The van der Waals surface area contributed by atoms with Crippen molar-refractivity contribution in [3.05, 3.63) is 33.9 Å². The van der Waals surface area contributed by atoms with E-state index >= 15 is 0 Å². The van der Waals surface area contributed by atoms with Gasteiger partial charge in [0.2, 0.25) is 0 Å². The first-order chi connectivity index (χ1) is 7.54. The minimum absolute atomic E-state index is 0.0481. The maximum absolute atomic E-state index is 10.7. The number of rotatable bonds is 4. The van der Waals surface area contributed by atoms with Crippen LogP contribution in [0.3, 0.4) is 0 Å². The summed E-state index contributed by atoms with van der Waals surface area (Å²) in [6.45, 7) is 1.11. The van der Waals surface area contributed by atoms with Gasteiger partial charge >= 0.3 is 0 Å². The third kappa shape index (κ3) is 2.78. The second kappa shape index (κ2) is 4.89. The van der Waals surface area contributed by atoms with E-state index in [9.17, 15) is 14.9 Å². The molecule has 0 saturated carbocycles. The minimum Gasteiger partial charge on any atom is -0.484 e. The lowest BCUT2D eigenvalue weighted by Gasteiger charge is -2.05. The van der Waals surface area contributed by atoms with Crippen LogP contribution in [-0.4, -0.2) is 17.3 Å². The van der Waals surface area contributed by atoms with Crippen molar-refractivity contribution >= 4 is 11.5 Å². The Morgan fingerprint density at radius 3 is 2.81 bits per heavy atom. The molecule has 0 unspecified atom stereocenters. The summed E-state index contributed by atoms with van der Waals surface area (Å²) >= 11 is 0. The molecule has 6 heteroatoms. The molecule has 1 rings (SSSR count). The van der Waals surface area contributed by atoms with Crippen LogP contribution in [0.15, 0.2) is 18.2 Å². The summed E-state index contributed by atoms with van der Waals surface area (Å²) in [5.74, 6) is -0.178. The Bertz CT molecular complexity index is 476. The van der Waals surface area contributed by atoms with Gasteiger partial charge in [0.05, 0.1) is 16.6 Å². The van der Waals surface area contributed by atoms with Crippen molar-refractivity contribution < 1.29 is 14.5 Å². The van der Waals surface area contributed by atoms with Crippen LogP contribution in [0.25, 0.3) is 0 Å². The second-order valence-corrected chi connectivity index (χ2v) is 3.04. The average molecular weight is 220 g/mol. The zero-order chi connectivity index (χ0) is 12.1. The molecule has 0 heterocycles. The van der Waals surface area contributed by atoms with E-state index in [2.05, 4.69) is 0 Å². The molecule has 0 N–H and O–H groups in total. The molecule has 16 heavy (non-hydrogen) atoms. The van der Waals surface area contributed by atoms with Crippen LogP contribution in [0.2, 0.25) is 0 Å². The smallest absolute Gasteiger partial charge is 0.273 e. The number of benzene rings is 1. The Morgan fingerprint density at radius 2 is 2.31 bits per heavy atom. The number of nitro groups is 1. The molecule has 0 aromatic heterocycles. The van der Waals surface area contributed by atoms with Crippen LogP contribution in [0.4, 0.5) is 5.69 Å². The van der Waals surface area contributed by atoms with Gasteiger partial charge in [-0.2, -0.15) is 5.26 Å². The van der Waals surface area contributed by atoms with Gasteiger partial charge in [-0.1, -0.05) is 0 Å². The van der Waals surface area contributed by atoms with Crippen LogP contribution in [0, 0.1) is 21.4 Å². The number of Topliss-reactive ketones (excluding diaryl/α,β-unsaturated/α-hetero) is 1. The minimum atomic E-state index is -0.595. The summed E-state index contributed by atoms with van der Waals surface area (Å²) in [6, 6.07) is 5.45. The Labute approximate surface area is 91.2 Å². The number of ether oxygens (including phenoxy) is 1. The van der Waals surface area contributed by atoms with Crippen molar-refractivity contribution in [2.75, 3.05) is 6.61 Å². The van der Waals surface area contributed by atoms with E-state index in [0.717, 1.165) is 6.07 Å². The molecule has 0 aliphatic rings. The SMILES string of the molecule is CC(=O)COc1cc([N+](=O)[O-])ccc1C#N. The maximum atomic E-state index is 10.7. The van der Waals surface area contributed by atoms with Crippen LogP contribution in [0.1, 0.15) is 12.5 Å². The van der Waals surface area contributed by atoms with E-state index < -0.39 is 4.92 Å². The zero-order valence-corrected chi connectivity index (χ0v) is 8.47. The monoisotopic (exact) mass is 220 g/mol. The number of nitrogens with zero attached hydrogens (tertiary/aromatic N) is 2. The fourth-order valence-electron chi connectivity index (χ4n) is 1.02. The van der Waals surface area contributed by atoms with Crippen LogP contribution in [0.5, 0.6) is 5.75 Å². The summed E-state index contributed by atoms with van der Waals surface area (Å²) in [4.78, 5) is 20.6. The molecule has 1 aromatic rings. The van der Waals surface area contributed by atoms with Gasteiger partial charge in [-0.3, -0.25) is 14.9 Å². The predicted molar refractivity (Wildman–Crippen MR) is 54.0 cm³/mol. The Kier molecular flexibility index (Phi) is 3.56. The normalized spacial score (nSPS) is 9.25. The molecule has 0 bridgehead atoms. The number of non-ortho nitro benzene ring substituents is 1. The van der Waals surface area contributed by atoms with Crippen LogP contribution < -0.4 is 4.74 Å². The van der Waals surface area contributed by atoms with Crippen molar-refractivity contribution in [1.29, 1.82) is 5.26 Å². The van der Waals surface area contributed by atoms with E-state index in [0.29, 0.717) is 0 Å². The number of ketones is 1. The first-order valence-corrected chi connectivity index (χ1v) is 4.35. The quantitative estimate of drug-likeness (QED) is 0.565. The fraction of sp³-hybridized carbons (Fsp3) is 0.200. The zero-order valence-electron chi connectivity index (χ0n) is 8.47. The van der Waals surface area contributed by atoms with Gasteiger partial charge in [0.25, 0.3) is 5.69 Å². The molecule has 6 nitrogen and oxygen atoms in total. The molecule has 0 aliphatic carbocycles. The van der Waals surface area contributed by atoms with Crippen LogP contribution in [-0.2, 0) is 4.79 Å². The number of hydrogen-bond donors (Lipinski definition) is 0. The topological polar surface area (TPSA) is 93.2 Å². The van der Waals surface area contributed by atoms with Crippen molar-refractivity contribution in [2.24, 2.45) is 0 Å². The van der Waals surface area contributed by atoms with Gasteiger partial charge in [-0.05, 0) is 13.0 Å². The molecular formula is C10H8N2O4. The molecule has 1 aromatic carbocycles. The average Bonchev–Trinajstić information content (AvgIpc) is 2.25. The van der Waals surface area contributed by atoms with Crippen molar-refractivity contribution in [3.8, 4) is 11.8 Å². The predicted octanol–water partition coefficient (Wildman–Crippen LogP) is 1.43. The molecule has 0 spiro atoms. The number of carbonyl (C=O) groups is 1. The Hall–Kier alpha value is -2.42. The molecule has 0 aliphatic heterocycles. The molecule has 82 valence electrons. The van der Waals surface area contributed by atoms with Gasteiger partial charge in [-0.15, -0.1) is 0 Å². The van der Waals surface area contributed by atoms with Crippen molar-refractivity contribution in [1.82, 2.24) is 0 Å². The van der Waals surface area contributed by atoms with E-state index in [1.165, 1.54) is 19.1 Å². The van der Waals surface area contributed by atoms with E-state index in [1.54, 1.807) is 0 Å². The van der Waals surface area contributed by atoms with Gasteiger partial charge in [0, 0.05) is 6.07 Å².